The molecular weight excluding hydrogens is 282 g/mol. The predicted octanol–water partition coefficient (Wildman–Crippen LogP) is 2.17. The molecule has 0 aliphatic carbocycles. The third-order valence-corrected chi connectivity index (χ3v) is 3.68. The molecule has 0 bridgehead atoms. The summed E-state index contributed by atoms with van der Waals surface area (Å²) < 4.78 is 9.95. The molecular formula is C17H25NO4. The van der Waals surface area contributed by atoms with Gasteiger partial charge in [-0.05, 0) is 48.6 Å². The van der Waals surface area contributed by atoms with Crippen molar-refractivity contribution in [2.75, 3.05) is 14.2 Å². The fourth-order valence-electron chi connectivity index (χ4n) is 2.36. The van der Waals surface area contributed by atoms with Gasteiger partial charge in [0, 0.05) is 0 Å². The Morgan fingerprint density at radius 1 is 1.14 bits per heavy atom. The fourth-order valence-corrected chi connectivity index (χ4v) is 2.36. The van der Waals surface area contributed by atoms with Crippen LogP contribution in [0.25, 0.3) is 0 Å². The molecule has 1 amide bonds. The van der Waals surface area contributed by atoms with Crippen molar-refractivity contribution in [3.8, 4) is 5.75 Å². The van der Waals surface area contributed by atoms with Gasteiger partial charge < -0.3 is 14.8 Å². The number of hydrogen-bond donors (Lipinski definition) is 1. The molecule has 0 aliphatic heterocycles. The van der Waals surface area contributed by atoms with Crippen molar-refractivity contribution in [3.63, 3.8) is 0 Å². The van der Waals surface area contributed by atoms with Gasteiger partial charge in [0.1, 0.15) is 11.8 Å². The van der Waals surface area contributed by atoms with Crippen molar-refractivity contribution in [3.05, 3.63) is 28.8 Å². The van der Waals surface area contributed by atoms with E-state index in [9.17, 15) is 9.59 Å². The number of benzene rings is 1. The second-order valence-corrected chi connectivity index (χ2v) is 5.73. The molecule has 122 valence electrons. The Morgan fingerprint density at radius 2 is 1.68 bits per heavy atom. The molecule has 0 radical (unpaired) electrons. The summed E-state index contributed by atoms with van der Waals surface area (Å²) in [5, 5.41) is 2.75. The molecule has 0 fully saturated rings. The lowest BCUT2D eigenvalue weighted by Crippen LogP contribution is -2.45. The quantitative estimate of drug-likeness (QED) is 0.818. The van der Waals surface area contributed by atoms with Gasteiger partial charge in [-0.2, -0.15) is 0 Å². The Balaban J connectivity index is 2.87. The third kappa shape index (κ3) is 4.48. The number of hydrogen-bond acceptors (Lipinski definition) is 4. The van der Waals surface area contributed by atoms with Crippen LogP contribution in [0.4, 0.5) is 0 Å². The summed E-state index contributed by atoms with van der Waals surface area (Å²) in [6.45, 7) is 7.62. The summed E-state index contributed by atoms with van der Waals surface area (Å²) in [7, 11) is 2.94. The van der Waals surface area contributed by atoms with Gasteiger partial charge in [-0.1, -0.05) is 13.8 Å². The number of rotatable bonds is 6. The van der Waals surface area contributed by atoms with Gasteiger partial charge in [0.05, 0.1) is 20.6 Å². The second kappa shape index (κ2) is 7.82. The molecule has 1 aromatic carbocycles. The molecule has 1 aromatic rings. The van der Waals surface area contributed by atoms with E-state index in [1.807, 2.05) is 39.8 Å². The largest absolute Gasteiger partial charge is 0.497 e. The van der Waals surface area contributed by atoms with Crippen molar-refractivity contribution in [2.24, 2.45) is 5.92 Å². The fraction of sp³-hybridized carbons (Fsp3) is 0.529. The average Bonchev–Trinajstić information content (AvgIpc) is 2.47. The minimum atomic E-state index is -0.628. The smallest absolute Gasteiger partial charge is 0.328 e. The van der Waals surface area contributed by atoms with E-state index in [2.05, 4.69) is 5.32 Å². The van der Waals surface area contributed by atoms with Gasteiger partial charge >= 0.3 is 5.97 Å². The maximum absolute atomic E-state index is 12.3. The summed E-state index contributed by atoms with van der Waals surface area (Å²) in [6.07, 6.45) is 0.224. The number of nitrogens with one attached hydrogen (secondary N) is 1. The summed E-state index contributed by atoms with van der Waals surface area (Å²) in [5.74, 6) is 0.121. The van der Waals surface area contributed by atoms with E-state index >= 15 is 0 Å². The van der Waals surface area contributed by atoms with Crippen molar-refractivity contribution in [1.82, 2.24) is 5.32 Å². The molecule has 22 heavy (non-hydrogen) atoms. The molecule has 0 spiro atoms. The average molecular weight is 307 g/mol. The van der Waals surface area contributed by atoms with E-state index < -0.39 is 12.0 Å². The van der Waals surface area contributed by atoms with E-state index in [0.717, 1.165) is 22.4 Å². The molecule has 0 heterocycles. The van der Waals surface area contributed by atoms with E-state index in [1.54, 1.807) is 7.11 Å². The van der Waals surface area contributed by atoms with E-state index in [0.29, 0.717) is 0 Å². The first-order chi connectivity index (χ1) is 10.3. The summed E-state index contributed by atoms with van der Waals surface area (Å²) in [4.78, 5) is 24.0. The zero-order valence-electron chi connectivity index (χ0n) is 14.1. The number of ether oxygens (including phenoxy) is 2. The van der Waals surface area contributed by atoms with Crippen LogP contribution in [0.3, 0.4) is 0 Å². The first kappa shape index (κ1) is 18.0. The Hall–Kier alpha value is -2.04. The van der Waals surface area contributed by atoms with Crippen LogP contribution in [-0.4, -0.2) is 32.1 Å². The Labute approximate surface area is 132 Å². The highest BCUT2D eigenvalue weighted by Gasteiger charge is 2.25. The molecule has 5 heteroatoms. The van der Waals surface area contributed by atoms with Gasteiger partial charge in [0.25, 0.3) is 0 Å². The lowest BCUT2D eigenvalue weighted by Gasteiger charge is -2.20. The molecule has 1 unspecified atom stereocenters. The van der Waals surface area contributed by atoms with Gasteiger partial charge in [-0.25, -0.2) is 4.79 Å². The molecule has 1 N–H and O–H groups in total. The number of methoxy groups -OCH3 is 2. The first-order valence-electron chi connectivity index (χ1n) is 7.31. The van der Waals surface area contributed by atoms with Crippen LogP contribution in [-0.2, 0) is 20.7 Å². The van der Waals surface area contributed by atoms with Gasteiger partial charge in [0.2, 0.25) is 5.91 Å². The molecule has 5 nitrogen and oxygen atoms in total. The second-order valence-electron chi connectivity index (χ2n) is 5.73. The monoisotopic (exact) mass is 307 g/mol. The highest BCUT2D eigenvalue weighted by molar-refractivity contribution is 5.86. The highest BCUT2D eigenvalue weighted by Crippen LogP contribution is 2.22. The van der Waals surface area contributed by atoms with Crippen LogP contribution in [0, 0.1) is 19.8 Å². The first-order valence-corrected chi connectivity index (χ1v) is 7.31. The Bertz CT molecular complexity index is 529. The van der Waals surface area contributed by atoms with Crippen LogP contribution >= 0.6 is 0 Å². The number of amides is 1. The molecule has 1 atom stereocenters. The van der Waals surface area contributed by atoms with Crippen LogP contribution in [0.5, 0.6) is 5.75 Å². The van der Waals surface area contributed by atoms with Crippen molar-refractivity contribution >= 4 is 11.9 Å². The lowest BCUT2D eigenvalue weighted by atomic mass is 9.98. The van der Waals surface area contributed by atoms with Crippen molar-refractivity contribution in [2.45, 2.75) is 40.2 Å². The Kier molecular flexibility index (Phi) is 6.40. The van der Waals surface area contributed by atoms with E-state index in [4.69, 9.17) is 9.47 Å². The number of carbonyl (C=O) groups excluding carboxylic acids is 2. The van der Waals surface area contributed by atoms with E-state index in [-0.39, 0.29) is 18.2 Å². The number of aryl methyl sites for hydroxylation is 2. The van der Waals surface area contributed by atoms with Gasteiger partial charge in [0.15, 0.2) is 0 Å². The standard InChI is InChI=1S/C17H25NO4/c1-10(2)16(17(20)22-6)18-15(19)9-14-11(3)7-13(21-5)8-12(14)4/h7-8,10,16H,9H2,1-6H3,(H,18,19). The third-order valence-electron chi connectivity index (χ3n) is 3.68. The molecule has 0 aromatic heterocycles. The molecule has 0 saturated carbocycles. The molecule has 1 rings (SSSR count). The van der Waals surface area contributed by atoms with Crippen LogP contribution < -0.4 is 10.1 Å². The number of esters is 1. The zero-order chi connectivity index (χ0) is 16.9. The lowest BCUT2D eigenvalue weighted by molar-refractivity contribution is -0.146. The van der Waals surface area contributed by atoms with E-state index in [1.165, 1.54) is 7.11 Å². The maximum Gasteiger partial charge on any atom is 0.328 e. The van der Waals surface area contributed by atoms with Gasteiger partial charge in [-0.3, -0.25) is 4.79 Å². The van der Waals surface area contributed by atoms with Crippen molar-refractivity contribution < 1.29 is 19.1 Å². The molecule has 0 saturated heterocycles. The summed E-state index contributed by atoms with van der Waals surface area (Å²) in [6, 6.07) is 3.17. The SMILES string of the molecule is COC(=O)C(NC(=O)Cc1c(C)cc(OC)cc1C)C(C)C. The Morgan fingerprint density at radius 3 is 2.09 bits per heavy atom. The minimum Gasteiger partial charge on any atom is -0.497 e. The summed E-state index contributed by atoms with van der Waals surface area (Å²) in [5.41, 5.74) is 2.93. The topological polar surface area (TPSA) is 64.6 Å². The van der Waals surface area contributed by atoms with Gasteiger partial charge in [-0.15, -0.1) is 0 Å². The highest BCUT2D eigenvalue weighted by atomic mass is 16.5. The normalized spacial score (nSPS) is 12.0. The van der Waals surface area contributed by atoms with Crippen LogP contribution in [0.2, 0.25) is 0 Å². The van der Waals surface area contributed by atoms with Crippen molar-refractivity contribution in [1.29, 1.82) is 0 Å². The summed E-state index contributed by atoms with van der Waals surface area (Å²) >= 11 is 0. The zero-order valence-corrected chi connectivity index (χ0v) is 14.1. The maximum atomic E-state index is 12.3. The van der Waals surface area contributed by atoms with Crippen LogP contribution in [0.15, 0.2) is 12.1 Å². The number of carbonyl (C=O) groups is 2. The minimum absolute atomic E-state index is 0.0329. The predicted molar refractivity (Wildman–Crippen MR) is 85.0 cm³/mol. The molecule has 0 aliphatic rings. The van der Waals surface area contributed by atoms with Crippen LogP contribution in [0.1, 0.15) is 30.5 Å².